The average Bonchev–Trinajstić information content (AvgIpc) is 2.11. The van der Waals surface area contributed by atoms with Crippen molar-refractivity contribution in [3.8, 4) is 0 Å². The molecule has 0 unspecified atom stereocenters. The summed E-state index contributed by atoms with van der Waals surface area (Å²) in [6.07, 6.45) is 11.7. The molecule has 82 valence electrons. The molecule has 0 bridgehead atoms. The highest BCUT2D eigenvalue weighted by Crippen LogP contribution is 2.10. The molecule has 0 aromatic rings. The van der Waals surface area contributed by atoms with Crippen LogP contribution >= 0.6 is 0 Å². The largest absolute Gasteiger partial charge is 0.229 e. The smallest absolute Gasteiger partial charge is 0.153 e. The van der Waals surface area contributed by atoms with Crippen LogP contribution in [0.3, 0.4) is 0 Å². The van der Waals surface area contributed by atoms with Crippen molar-refractivity contribution in [1.82, 2.24) is 0 Å². The lowest BCUT2D eigenvalue weighted by molar-refractivity contribution is 0.582. The zero-order chi connectivity index (χ0) is 10.3. The van der Waals surface area contributed by atoms with Crippen molar-refractivity contribution in [3.05, 3.63) is 12.2 Å². The van der Waals surface area contributed by atoms with Crippen molar-refractivity contribution >= 4 is 9.84 Å². The molecule has 0 aromatic carbocycles. The van der Waals surface area contributed by atoms with Crippen molar-refractivity contribution in [3.63, 3.8) is 0 Å². The average molecular weight is 216 g/mol. The van der Waals surface area contributed by atoms with Crippen LogP contribution in [0.2, 0.25) is 0 Å². The Balaban J connectivity index is 2.44. The van der Waals surface area contributed by atoms with Crippen LogP contribution in [0.25, 0.3) is 0 Å². The Labute approximate surface area is 87.3 Å². The summed E-state index contributed by atoms with van der Waals surface area (Å²) < 4.78 is 22.9. The van der Waals surface area contributed by atoms with Crippen LogP contribution in [0.1, 0.15) is 44.9 Å². The van der Waals surface area contributed by atoms with Gasteiger partial charge in [0.1, 0.15) is 0 Å². The fraction of sp³-hybridized carbons (Fsp3) is 0.818. The topological polar surface area (TPSA) is 34.1 Å². The predicted octanol–water partition coefficient (Wildman–Crippen LogP) is 2.70. The van der Waals surface area contributed by atoms with Gasteiger partial charge in [0, 0.05) is 0 Å². The maximum atomic E-state index is 11.4. The number of sulfone groups is 1. The fourth-order valence-electron chi connectivity index (χ4n) is 1.71. The summed E-state index contributed by atoms with van der Waals surface area (Å²) >= 11 is 0. The molecule has 0 N–H and O–H groups in total. The zero-order valence-electron chi connectivity index (χ0n) is 8.74. The van der Waals surface area contributed by atoms with Gasteiger partial charge in [0.15, 0.2) is 9.84 Å². The zero-order valence-corrected chi connectivity index (χ0v) is 9.56. The summed E-state index contributed by atoms with van der Waals surface area (Å²) in [6, 6.07) is 0. The molecule has 3 heteroatoms. The maximum absolute atomic E-state index is 11.4. The van der Waals surface area contributed by atoms with Gasteiger partial charge in [-0.15, -0.1) is 0 Å². The second kappa shape index (κ2) is 6.23. The molecule has 0 saturated carbocycles. The van der Waals surface area contributed by atoms with Gasteiger partial charge in [-0.3, -0.25) is 0 Å². The van der Waals surface area contributed by atoms with E-state index in [1.165, 1.54) is 25.7 Å². The summed E-state index contributed by atoms with van der Waals surface area (Å²) in [6.45, 7) is 0. The molecular weight excluding hydrogens is 196 g/mol. The van der Waals surface area contributed by atoms with Crippen LogP contribution in [-0.2, 0) is 9.84 Å². The van der Waals surface area contributed by atoms with Crippen molar-refractivity contribution in [2.24, 2.45) is 0 Å². The highest BCUT2D eigenvalue weighted by molar-refractivity contribution is 7.91. The standard InChI is InChI=1S/C11H20O2S/c12-14(13)10-8-6-4-2-1-3-5-7-9-11-14/h6,8H,1-5,7,9-11H2/b8-6-. The van der Waals surface area contributed by atoms with Crippen LogP contribution < -0.4 is 0 Å². The minimum atomic E-state index is -2.80. The van der Waals surface area contributed by atoms with E-state index in [0.29, 0.717) is 5.75 Å². The number of rotatable bonds is 0. The molecular formula is C11H20O2S. The van der Waals surface area contributed by atoms with E-state index in [0.717, 1.165) is 19.3 Å². The Kier molecular flexibility index (Phi) is 5.23. The third-order valence-corrected chi connectivity index (χ3v) is 4.20. The molecule has 1 aliphatic heterocycles. The molecule has 1 aliphatic rings. The van der Waals surface area contributed by atoms with E-state index < -0.39 is 9.84 Å². The van der Waals surface area contributed by atoms with Gasteiger partial charge >= 0.3 is 0 Å². The molecule has 0 aromatic heterocycles. The van der Waals surface area contributed by atoms with E-state index in [9.17, 15) is 8.42 Å². The van der Waals surface area contributed by atoms with Crippen LogP contribution in [0.15, 0.2) is 12.2 Å². The van der Waals surface area contributed by atoms with Crippen molar-refractivity contribution < 1.29 is 8.42 Å². The minimum absolute atomic E-state index is 0.243. The van der Waals surface area contributed by atoms with Crippen molar-refractivity contribution in [2.45, 2.75) is 44.9 Å². The quantitative estimate of drug-likeness (QED) is 0.583. The van der Waals surface area contributed by atoms with Gasteiger partial charge < -0.3 is 0 Å². The second-order valence-corrected chi connectivity index (χ2v) is 6.22. The SMILES string of the molecule is O=S1(=O)C/C=C\CCCCCCCC1. The highest BCUT2D eigenvalue weighted by atomic mass is 32.2. The lowest BCUT2D eigenvalue weighted by atomic mass is 10.1. The van der Waals surface area contributed by atoms with Crippen LogP contribution in [0.5, 0.6) is 0 Å². The van der Waals surface area contributed by atoms with Gasteiger partial charge in [0.2, 0.25) is 0 Å². The molecule has 0 amide bonds. The maximum Gasteiger partial charge on any atom is 0.153 e. The number of hydrogen-bond donors (Lipinski definition) is 0. The van der Waals surface area contributed by atoms with Gasteiger partial charge in [0.25, 0.3) is 0 Å². The molecule has 0 spiro atoms. The molecule has 0 saturated heterocycles. The van der Waals surface area contributed by atoms with E-state index in [-0.39, 0.29) is 5.75 Å². The van der Waals surface area contributed by atoms with E-state index in [1.807, 2.05) is 12.2 Å². The van der Waals surface area contributed by atoms with Gasteiger partial charge in [-0.05, 0) is 19.3 Å². The van der Waals surface area contributed by atoms with Crippen LogP contribution in [0.4, 0.5) is 0 Å². The Bertz CT molecular complexity index is 265. The molecule has 1 rings (SSSR count). The van der Waals surface area contributed by atoms with Crippen molar-refractivity contribution in [1.29, 1.82) is 0 Å². The fourth-order valence-corrected chi connectivity index (χ4v) is 2.95. The van der Waals surface area contributed by atoms with Gasteiger partial charge in [0.05, 0.1) is 11.5 Å². The molecule has 2 nitrogen and oxygen atoms in total. The summed E-state index contributed by atoms with van der Waals surface area (Å²) in [5.41, 5.74) is 0. The Hall–Kier alpha value is -0.310. The van der Waals surface area contributed by atoms with Crippen LogP contribution in [0, 0.1) is 0 Å². The first-order valence-electron chi connectivity index (χ1n) is 5.56. The first-order valence-corrected chi connectivity index (χ1v) is 7.38. The minimum Gasteiger partial charge on any atom is -0.229 e. The lowest BCUT2D eigenvalue weighted by Crippen LogP contribution is -2.09. The Morgan fingerprint density at radius 1 is 0.786 bits per heavy atom. The third-order valence-electron chi connectivity index (χ3n) is 2.59. The molecule has 1 heterocycles. The number of allylic oxidation sites excluding steroid dienone is 1. The molecule has 0 atom stereocenters. The molecule has 14 heavy (non-hydrogen) atoms. The van der Waals surface area contributed by atoms with Crippen molar-refractivity contribution in [2.75, 3.05) is 11.5 Å². The highest BCUT2D eigenvalue weighted by Gasteiger charge is 2.07. The Morgan fingerprint density at radius 2 is 1.43 bits per heavy atom. The normalized spacial score (nSPS) is 27.1. The van der Waals surface area contributed by atoms with E-state index >= 15 is 0 Å². The van der Waals surface area contributed by atoms with Gasteiger partial charge in [-0.25, -0.2) is 8.42 Å². The monoisotopic (exact) mass is 216 g/mol. The third kappa shape index (κ3) is 5.43. The first kappa shape index (κ1) is 11.8. The predicted molar refractivity (Wildman–Crippen MR) is 60.1 cm³/mol. The Morgan fingerprint density at radius 3 is 2.21 bits per heavy atom. The van der Waals surface area contributed by atoms with Gasteiger partial charge in [-0.2, -0.15) is 0 Å². The summed E-state index contributed by atoms with van der Waals surface area (Å²) in [4.78, 5) is 0. The lowest BCUT2D eigenvalue weighted by Gasteiger charge is -2.04. The molecule has 0 radical (unpaired) electrons. The summed E-state index contributed by atoms with van der Waals surface area (Å²) in [5, 5.41) is 0. The molecule has 0 fully saturated rings. The number of hydrogen-bond acceptors (Lipinski definition) is 2. The van der Waals surface area contributed by atoms with Crippen LogP contribution in [-0.4, -0.2) is 19.9 Å². The first-order chi connectivity index (χ1) is 6.71. The van der Waals surface area contributed by atoms with Gasteiger partial charge in [-0.1, -0.05) is 37.8 Å². The van der Waals surface area contributed by atoms with E-state index in [1.54, 1.807) is 0 Å². The summed E-state index contributed by atoms with van der Waals surface area (Å²) in [5.74, 6) is 0.615. The van der Waals surface area contributed by atoms with E-state index in [2.05, 4.69) is 0 Å². The summed E-state index contributed by atoms with van der Waals surface area (Å²) in [7, 11) is -2.80. The van der Waals surface area contributed by atoms with E-state index in [4.69, 9.17) is 0 Å². The molecule has 0 aliphatic carbocycles. The second-order valence-electron chi connectivity index (χ2n) is 4.00.